The molecular weight excluding hydrogens is 216 g/mol. The minimum atomic E-state index is -0.102. The summed E-state index contributed by atoms with van der Waals surface area (Å²) >= 11 is 0. The number of methoxy groups -OCH3 is 2. The molecule has 0 unspecified atom stereocenters. The molecule has 0 aromatic carbocycles. The maximum absolute atomic E-state index is 8.73. The van der Waals surface area contributed by atoms with Crippen molar-refractivity contribution in [2.24, 2.45) is 0 Å². The average molecular weight is 242 g/mol. The molecule has 0 amide bonds. The minimum Gasteiger partial charge on any atom is -0.392 e. The van der Waals surface area contributed by atoms with Crippen LogP contribution in [0.3, 0.4) is 0 Å². The van der Waals surface area contributed by atoms with E-state index < -0.39 is 0 Å². The number of aliphatic hydroxyl groups excluding tert-OH is 1. The fraction of sp³-hybridized carbons (Fsp3) is 0.714. The molecule has 0 radical (unpaired) electrons. The van der Waals surface area contributed by atoms with Gasteiger partial charge in [0, 0.05) is 20.6 Å². The molecule has 3 nitrogen and oxygen atoms in total. The van der Waals surface area contributed by atoms with Crippen molar-refractivity contribution in [2.45, 2.75) is 45.8 Å². The molecule has 0 atom stereocenters. The molecule has 0 bridgehead atoms. The summed E-state index contributed by atoms with van der Waals surface area (Å²) in [5.74, 6) is 0. The Kier molecular flexibility index (Phi) is 10.1. The van der Waals surface area contributed by atoms with E-state index in [0.717, 1.165) is 25.7 Å². The van der Waals surface area contributed by atoms with E-state index in [9.17, 15) is 0 Å². The van der Waals surface area contributed by atoms with Crippen LogP contribution in [0, 0.1) is 0 Å². The zero-order valence-corrected chi connectivity index (χ0v) is 11.5. The van der Waals surface area contributed by atoms with Crippen LogP contribution in [0.25, 0.3) is 0 Å². The molecular formula is C14H26O3. The summed E-state index contributed by atoms with van der Waals surface area (Å²) in [4.78, 5) is 0. The first-order valence-corrected chi connectivity index (χ1v) is 6.11. The smallest absolute Gasteiger partial charge is 0.157 e. The molecule has 0 rings (SSSR count). The average Bonchev–Trinajstić information content (AvgIpc) is 2.30. The minimum absolute atomic E-state index is 0.102. The molecule has 0 aromatic heterocycles. The van der Waals surface area contributed by atoms with Crippen LogP contribution in [0.2, 0.25) is 0 Å². The monoisotopic (exact) mass is 242 g/mol. The van der Waals surface area contributed by atoms with Gasteiger partial charge in [-0.15, -0.1) is 0 Å². The van der Waals surface area contributed by atoms with E-state index in [1.54, 1.807) is 14.2 Å². The number of hydrogen-bond donors (Lipinski definition) is 1. The third-order valence-corrected chi connectivity index (χ3v) is 2.77. The SMILES string of the molecule is COC(CC/C(C)=C/CC/C(C)=C/CO)OC. The van der Waals surface area contributed by atoms with Gasteiger partial charge in [-0.05, 0) is 33.1 Å². The highest BCUT2D eigenvalue weighted by Crippen LogP contribution is 2.12. The van der Waals surface area contributed by atoms with Crippen LogP contribution in [0.15, 0.2) is 23.3 Å². The Hall–Kier alpha value is -0.640. The van der Waals surface area contributed by atoms with Crippen molar-refractivity contribution in [3.63, 3.8) is 0 Å². The predicted molar refractivity (Wildman–Crippen MR) is 70.9 cm³/mol. The van der Waals surface area contributed by atoms with Gasteiger partial charge in [-0.2, -0.15) is 0 Å². The Morgan fingerprint density at radius 3 is 2.18 bits per heavy atom. The zero-order valence-electron chi connectivity index (χ0n) is 11.5. The highest BCUT2D eigenvalue weighted by atomic mass is 16.7. The van der Waals surface area contributed by atoms with Crippen LogP contribution >= 0.6 is 0 Å². The highest BCUT2D eigenvalue weighted by molar-refractivity contribution is 5.03. The molecule has 0 heterocycles. The van der Waals surface area contributed by atoms with Crippen LogP contribution in [-0.2, 0) is 9.47 Å². The quantitative estimate of drug-likeness (QED) is 0.499. The van der Waals surface area contributed by atoms with Crippen molar-refractivity contribution in [3.05, 3.63) is 23.3 Å². The molecule has 0 aliphatic heterocycles. The summed E-state index contributed by atoms with van der Waals surface area (Å²) in [5.41, 5.74) is 2.60. The van der Waals surface area contributed by atoms with Crippen molar-refractivity contribution >= 4 is 0 Å². The molecule has 100 valence electrons. The van der Waals surface area contributed by atoms with E-state index in [4.69, 9.17) is 14.6 Å². The molecule has 1 N–H and O–H groups in total. The maximum atomic E-state index is 8.73. The van der Waals surface area contributed by atoms with Crippen molar-refractivity contribution in [3.8, 4) is 0 Å². The molecule has 3 heteroatoms. The third kappa shape index (κ3) is 9.10. The van der Waals surface area contributed by atoms with E-state index in [1.165, 1.54) is 11.1 Å². The van der Waals surface area contributed by atoms with E-state index in [0.29, 0.717) is 0 Å². The van der Waals surface area contributed by atoms with Gasteiger partial charge >= 0.3 is 0 Å². The predicted octanol–water partition coefficient (Wildman–Crippen LogP) is 3.05. The van der Waals surface area contributed by atoms with Crippen LogP contribution < -0.4 is 0 Å². The summed E-state index contributed by atoms with van der Waals surface area (Å²) in [6.07, 6.45) is 7.92. The Morgan fingerprint density at radius 1 is 1.06 bits per heavy atom. The van der Waals surface area contributed by atoms with Gasteiger partial charge in [-0.25, -0.2) is 0 Å². The molecule has 0 saturated heterocycles. The highest BCUT2D eigenvalue weighted by Gasteiger charge is 2.04. The van der Waals surface area contributed by atoms with E-state index in [1.807, 2.05) is 13.0 Å². The lowest BCUT2D eigenvalue weighted by Gasteiger charge is -2.12. The number of hydrogen-bond acceptors (Lipinski definition) is 3. The first-order valence-electron chi connectivity index (χ1n) is 6.11. The van der Waals surface area contributed by atoms with Gasteiger partial charge in [0.15, 0.2) is 6.29 Å². The topological polar surface area (TPSA) is 38.7 Å². The van der Waals surface area contributed by atoms with Gasteiger partial charge < -0.3 is 14.6 Å². The number of rotatable bonds is 9. The molecule has 0 fully saturated rings. The molecule has 0 aliphatic carbocycles. The van der Waals surface area contributed by atoms with Gasteiger partial charge in [-0.3, -0.25) is 0 Å². The number of ether oxygens (including phenoxy) is 2. The Morgan fingerprint density at radius 2 is 1.65 bits per heavy atom. The normalized spacial score (nSPS) is 13.5. The number of aliphatic hydroxyl groups is 1. The fourth-order valence-electron chi connectivity index (χ4n) is 1.58. The van der Waals surface area contributed by atoms with Crippen LogP contribution in [0.4, 0.5) is 0 Å². The van der Waals surface area contributed by atoms with Crippen molar-refractivity contribution < 1.29 is 14.6 Å². The Labute approximate surface area is 105 Å². The van der Waals surface area contributed by atoms with E-state index >= 15 is 0 Å². The Balaban J connectivity index is 3.82. The summed E-state index contributed by atoms with van der Waals surface area (Å²) in [7, 11) is 3.33. The molecule has 0 spiro atoms. The maximum Gasteiger partial charge on any atom is 0.157 e. The van der Waals surface area contributed by atoms with E-state index in [2.05, 4.69) is 13.0 Å². The van der Waals surface area contributed by atoms with Crippen LogP contribution in [0.1, 0.15) is 39.5 Å². The summed E-state index contributed by atoms with van der Waals surface area (Å²) < 4.78 is 10.3. The Bertz CT molecular complexity index is 240. The van der Waals surface area contributed by atoms with Crippen LogP contribution in [0.5, 0.6) is 0 Å². The molecule has 17 heavy (non-hydrogen) atoms. The van der Waals surface area contributed by atoms with Crippen LogP contribution in [-0.4, -0.2) is 32.2 Å². The second-order valence-corrected chi connectivity index (χ2v) is 4.26. The second-order valence-electron chi connectivity index (χ2n) is 4.26. The lowest BCUT2D eigenvalue weighted by Crippen LogP contribution is -2.12. The first-order chi connectivity index (χ1) is 8.13. The second kappa shape index (κ2) is 10.5. The summed E-state index contributed by atoms with van der Waals surface area (Å²) in [6.45, 7) is 4.32. The van der Waals surface area contributed by atoms with Gasteiger partial charge in [0.05, 0.1) is 6.61 Å². The van der Waals surface area contributed by atoms with Gasteiger partial charge in [0.25, 0.3) is 0 Å². The first kappa shape index (κ1) is 16.4. The summed E-state index contributed by atoms with van der Waals surface area (Å²) in [6, 6.07) is 0. The fourth-order valence-corrected chi connectivity index (χ4v) is 1.58. The third-order valence-electron chi connectivity index (χ3n) is 2.77. The zero-order chi connectivity index (χ0) is 13.1. The lowest BCUT2D eigenvalue weighted by molar-refractivity contribution is -0.105. The van der Waals surface area contributed by atoms with Gasteiger partial charge in [-0.1, -0.05) is 23.3 Å². The molecule has 0 aliphatic rings. The summed E-state index contributed by atoms with van der Waals surface area (Å²) in [5, 5.41) is 8.73. The molecule has 0 saturated carbocycles. The lowest BCUT2D eigenvalue weighted by atomic mass is 10.1. The largest absolute Gasteiger partial charge is 0.392 e. The standard InChI is InChI=1S/C14H26O3/c1-12(8-9-14(16-3)17-4)6-5-7-13(2)10-11-15/h6,10,14-15H,5,7-9,11H2,1-4H3/b12-6+,13-10+. The molecule has 0 aromatic rings. The van der Waals surface area contributed by atoms with Crippen molar-refractivity contribution in [1.29, 1.82) is 0 Å². The van der Waals surface area contributed by atoms with Gasteiger partial charge in [0.1, 0.15) is 0 Å². The van der Waals surface area contributed by atoms with Gasteiger partial charge in [0.2, 0.25) is 0 Å². The van der Waals surface area contributed by atoms with E-state index in [-0.39, 0.29) is 12.9 Å². The number of allylic oxidation sites excluding steroid dienone is 3. The van der Waals surface area contributed by atoms with Crippen molar-refractivity contribution in [1.82, 2.24) is 0 Å². The van der Waals surface area contributed by atoms with Crippen molar-refractivity contribution in [2.75, 3.05) is 20.8 Å².